The summed E-state index contributed by atoms with van der Waals surface area (Å²) in [7, 11) is 0. The van der Waals surface area contributed by atoms with E-state index in [4.69, 9.17) is 4.98 Å². The van der Waals surface area contributed by atoms with Gasteiger partial charge in [-0.1, -0.05) is 0 Å². The van der Waals surface area contributed by atoms with Gasteiger partial charge in [0.1, 0.15) is 11.3 Å². The lowest BCUT2D eigenvalue weighted by atomic mass is 10.1. The van der Waals surface area contributed by atoms with Crippen LogP contribution < -0.4 is 0 Å². The van der Waals surface area contributed by atoms with Crippen LogP contribution in [-0.2, 0) is 19.5 Å². The highest BCUT2D eigenvalue weighted by atomic mass is 32.1. The molecule has 116 valence electrons. The highest BCUT2D eigenvalue weighted by molar-refractivity contribution is 7.09. The Bertz CT molecular complexity index is 816. The third kappa shape index (κ3) is 3.11. The quantitative estimate of drug-likeness (QED) is 0.736. The van der Waals surface area contributed by atoms with Gasteiger partial charge in [-0.05, 0) is 6.92 Å². The van der Waals surface area contributed by atoms with Crippen molar-refractivity contribution in [2.75, 3.05) is 6.54 Å². The number of aryl methyl sites for hydroxylation is 1. The van der Waals surface area contributed by atoms with Gasteiger partial charge in [0.2, 0.25) is 0 Å². The fourth-order valence-corrected chi connectivity index (χ4v) is 3.54. The molecule has 4 rings (SSSR count). The van der Waals surface area contributed by atoms with Crippen molar-refractivity contribution in [3.05, 3.63) is 52.3 Å². The molecule has 0 radical (unpaired) electrons. The van der Waals surface area contributed by atoms with E-state index in [0.717, 1.165) is 43.0 Å². The van der Waals surface area contributed by atoms with E-state index < -0.39 is 0 Å². The highest BCUT2D eigenvalue weighted by Gasteiger charge is 2.19. The van der Waals surface area contributed by atoms with Crippen molar-refractivity contribution in [2.45, 2.75) is 26.4 Å². The molecular formula is C16H16N6S. The van der Waals surface area contributed by atoms with Crippen LogP contribution in [0.5, 0.6) is 0 Å². The second kappa shape index (κ2) is 6.10. The Hall–Kier alpha value is -2.25. The molecule has 3 aromatic heterocycles. The molecule has 4 heterocycles. The molecular weight excluding hydrogens is 308 g/mol. The second-order valence-electron chi connectivity index (χ2n) is 5.64. The lowest BCUT2D eigenvalue weighted by molar-refractivity contribution is 0.242. The Balaban J connectivity index is 1.52. The Morgan fingerprint density at radius 2 is 2.04 bits per heavy atom. The van der Waals surface area contributed by atoms with Crippen molar-refractivity contribution in [3.63, 3.8) is 0 Å². The van der Waals surface area contributed by atoms with E-state index in [1.165, 1.54) is 16.9 Å². The maximum atomic E-state index is 4.70. The van der Waals surface area contributed by atoms with Crippen molar-refractivity contribution in [2.24, 2.45) is 0 Å². The lowest BCUT2D eigenvalue weighted by Crippen LogP contribution is -2.30. The third-order valence-electron chi connectivity index (χ3n) is 3.86. The zero-order valence-corrected chi connectivity index (χ0v) is 13.6. The van der Waals surface area contributed by atoms with Gasteiger partial charge in [0.25, 0.3) is 0 Å². The molecule has 0 unspecified atom stereocenters. The molecule has 0 saturated carbocycles. The number of hydrogen-bond acceptors (Lipinski definition) is 7. The summed E-state index contributed by atoms with van der Waals surface area (Å²) in [6.45, 7) is 4.80. The first-order valence-corrected chi connectivity index (χ1v) is 8.39. The molecule has 0 bridgehead atoms. The number of hydrogen-bond donors (Lipinski definition) is 0. The van der Waals surface area contributed by atoms with Crippen molar-refractivity contribution < 1.29 is 0 Å². The summed E-state index contributed by atoms with van der Waals surface area (Å²) < 4.78 is 0. The molecule has 1 aliphatic heterocycles. The maximum absolute atomic E-state index is 4.70. The molecule has 0 N–H and O–H groups in total. The summed E-state index contributed by atoms with van der Waals surface area (Å²) in [5.74, 6) is 0.702. The molecule has 1 aliphatic rings. The Labute approximate surface area is 138 Å². The van der Waals surface area contributed by atoms with Gasteiger partial charge in [0, 0.05) is 54.7 Å². The number of aromatic nitrogens is 5. The summed E-state index contributed by atoms with van der Waals surface area (Å²) in [5.41, 5.74) is 4.28. The lowest BCUT2D eigenvalue weighted by Gasteiger charge is -2.27. The minimum Gasteiger partial charge on any atom is -0.292 e. The number of nitrogens with zero attached hydrogens (tertiary/aromatic N) is 6. The van der Waals surface area contributed by atoms with E-state index in [1.807, 2.05) is 13.1 Å². The first kappa shape index (κ1) is 14.3. The fraction of sp³-hybridized carbons (Fsp3) is 0.312. The van der Waals surface area contributed by atoms with E-state index >= 15 is 0 Å². The summed E-state index contributed by atoms with van der Waals surface area (Å²) in [5, 5.41) is 3.27. The largest absolute Gasteiger partial charge is 0.292 e. The van der Waals surface area contributed by atoms with Gasteiger partial charge in [-0.25, -0.2) is 24.9 Å². The molecule has 23 heavy (non-hydrogen) atoms. The predicted molar refractivity (Wildman–Crippen MR) is 87.7 cm³/mol. The molecule has 0 fully saturated rings. The van der Waals surface area contributed by atoms with Crippen LogP contribution in [-0.4, -0.2) is 36.4 Å². The van der Waals surface area contributed by atoms with Crippen LogP contribution in [0.25, 0.3) is 11.4 Å². The van der Waals surface area contributed by atoms with E-state index in [9.17, 15) is 0 Å². The third-order valence-corrected chi connectivity index (χ3v) is 4.81. The number of thiazole rings is 1. The molecule has 0 atom stereocenters. The number of fused-ring (bicyclic) bond motifs is 1. The smallest absolute Gasteiger partial charge is 0.162 e. The van der Waals surface area contributed by atoms with Gasteiger partial charge in [-0.15, -0.1) is 11.3 Å². The molecule has 0 spiro atoms. The van der Waals surface area contributed by atoms with Gasteiger partial charge in [-0.2, -0.15) is 0 Å². The normalized spacial score (nSPS) is 14.7. The van der Waals surface area contributed by atoms with E-state index in [0.29, 0.717) is 5.82 Å². The molecule has 6 nitrogen and oxygen atoms in total. The predicted octanol–water partition coefficient (Wildman–Crippen LogP) is 2.26. The summed E-state index contributed by atoms with van der Waals surface area (Å²) in [6, 6.07) is 0. The van der Waals surface area contributed by atoms with Crippen LogP contribution in [0.3, 0.4) is 0 Å². The molecule has 3 aromatic rings. The zero-order valence-electron chi connectivity index (χ0n) is 12.8. The zero-order chi connectivity index (χ0) is 15.6. The minimum absolute atomic E-state index is 0.702. The van der Waals surface area contributed by atoms with Gasteiger partial charge in [-0.3, -0.25) is 4.90 Å². The van der Waals surface area contributed by atoms with Crippen LogP contribution in [0, 0.1) is 6.92 Å². The Morgan fingerprint density at radius 3 is 2.83 bits per heavy atom. The fourth-order valence-electron chi connectivity index (χ4n) is 2.73. The first-order valence-electron chi connectivity index (χ1n) is 7.51. The van der Waals surface area contributed by atoms with Crippen LogP contribution in [0.1, 0.15) is 22.0 Å². The van der Waals surface area contributed by atoms with Crippen molar-refractivity contribution >= 4 is 11.3 Å². The standard InChI is InChI=1S/C16H16N6S/c1-11-9-23-15(20-11)8-22-3-2-14-13(7-22)6-19-16(21-14)12-4-17-10-18-5-12/h4-6,9-10H,2-3,7-8H2,1H3. The van der Waals surface area contributed by atoms with Crippen molar-refractivity contribution in [1.82, 2.24) is 29.8 Å². The molecule has 7 heteroatoms. The molecule has 0 aromatic carbocycles. The van der Waals surface area contributed by atoms with E-state index in [2.05, 4.69) is 30.2 Å². The van der Waals surface area contributed by atoms with Crippen LogP contribution >= 0.6 is 11.3 Å². The van der Waals surface area contributed by atoms with Crippen LogP contribution in [0.2, 0.25) is 0 Å². The molecule has 0 amide bonds. The Morgan fingerprint density at radius 1 is 1.17 bits per heavy atom. The maximum Gasteiger partial charge on any atom is 0.162 e. The highest BCUT2D eigenvalue weighted by Crippen LogP contribution is 2.22. The van der Waals surface area contributed by atoms with E-state index in [-0.39, 0.29) is 0 Å². The molecule has 0 aliphatic carbocycles. The van der Waals surface area contributed by atoms with Gasteiger partial charge >= 0.3 is 0 Å². The Kier molecular flexibility index (Phi) is 3.80. The van der Waals surface area contributed by atoms with Gasteiger partial charge in [0.15, 0.2) is 5.82 Å². The minimum atomic E-state index is 0.702. The summed E-state index contributed by atoms with van der Waals surface area (Å²) in [6.07, 6.45) is 7.87. The number of rotatable bonds is 3. The van der Waals surface area contributed by atoms with Crippen LogP contribution in [0.4, 0.5) is 0 Å². The monoisotopic (exact) mass is 324 g/mol. The average Bonchev–Trinajstić information content (AvgIpc) is 3.00. The summed E-state index contributed by atoms with van der Waals surface area (Å²) >= 11 is 1.73. The molecule has 0 saturated heterocycles. The second-order valence-corrected chi connectivity index (χ2v) is 6.58. The topological polar surface area (TPSA) is 67.7 Å². The van der Waals surface area contributed by atoms with E-state index in [1.54, 1.807) is 23.7 Å². The SMILES string of the molecule is Cc1csc(CN2CCc3nc(-c4cncnc4)ncc3C2)n1. The first-order chi connectivity index (χ1) is 11.3. The van der Waals surface area contributed by atoms with Crippen LogP contribution in [0.15, 0.2) is 30.3 Å². The van der Waals surface area contributed by atoms with Crippen molar-refractivity contribution in [3.8, 4) is 11.4 Å². The van der Waals surface area contributed by atoms with Gasteiger partial charge in [0.05, 0.1) is 17.8 Å². The van der Waals surface area contributed by atoms with Gasteiger partial charge < -0.3 is 0 Å². The average molecular weight is 324 g/mol. The summed E-state index contributed by atoms with van der Waals surface area (Å²) in [4.78, 5) is 24.2. The van der Waals surface area contributed by atoms with Crippen molar-refractivity contribution in [1.29, 1.82) is 0 Å².